The van der Waals surface area contributed by atoms with Crippen LogP contribution in [-0.2, 0) is 11.2 Å². The molecule has 6 heteroatoms. The molecule has 0 atom stereocenters. The van der Waals surface area contributed by atoms with E-state index < -0.39 is 0 Å². The molecule has 0 aliphatic carbocycles. The summed E-state index contributed by atoms with van der Waals surface area (Å²) in [6.07, 6.45) is 2.89. The molecule has 1 amide bonds. The summed E-state index contributed by atoms with van der Waals surface area (Å²) >= 11 is 1.50. The number of benzene rings is 1. The van der Waals surface area contributed by atoms with Crippen LogP contribution in [0.1, 0.15) is 26.0 Å². The Morgan fingerprint density at radius 3 is 2.91 bits per heavy atom. The van der Waals surface area contributed by atoms with E-state index in [-0.39, 0.29) is 17.8 Å². The molecule has 3 rings (SSSR count). The average molecular weight is 331 g/mol. The molecule has 2 heterocycles. The second-order valence-electron chi connectivity index (χ2n) is 5.71. The van der Waals surface area contributed by atoms with Gasteiger partial charge in [-0.05, 0) is 32.4 Å². The molecule has 0 radical (unpaired) electrons. The van der Waals surface area contributed by atoms with E-state index in [2.05, 4.69) is 10.3 Å². The predicted octanol–water partition coefficient (Wildman–Crippen LogP) is 3.66. The highest BCUT2D eigenvalue weighted by atomic mass is 32.1. The maximum absolute atomic E-state index is 13.9. The molecular weight excluding hydrogens is 313 g/mol. The van der Waals surface area contributed by atoms with Gasteiger partial charge in [0.2, 0.25) is 5.91 Å². The zero-order valence-corrected chi connectivity index (χ0v) is 13.9. The molecule has 0 spiro atoms. The van der Waals surface area contributed by atoms with E-state index in [1.54, 1.807) is 18.2 Å². The second kappa shape index (κ2) is 6.50. The molecule has 1 N–H and O–H groups in total. The molecule has 0 aliphatic heterocycles. The first-order chi connectivity index (χ1) is 11.0. The quantitative estimate of drug-likeness (QED) is 0.775. The Bertz CT molecular complexity index is 837. The first kappa shape index (κ1) is 15.7. The SMILES string of the molecule is CC(C)NC(=O)CCc1csc2nc(-c3ccccc3F)cn12. The fourth-order valence-electron chi connectivity index (χ4n) is 2.44. The molecule has 0 unspecified atom stereocenters. The third kappa shape index (κ3) is 3.42. The molecule has 2 aromatic heterocycles. The fraction of sp³-hybridized carbons (Fsp3) is 0.294. The number of nitrogens with one attached hydrogen (secondary N) is 1. The van der Waals surface area contributed by atoms with Crippen LogP contribution in [-0.4, -0.2) is 21.3 Å². The Balaban J connectivity index is 1.81. The Hall–Kier alpha value is -2.21. The van der Waals surface area contributed by atoms with Crippen molar-refractivity contribution >= 4 is 22.2 Å². The van der Waals surface area contributed by atoms with Crippen molar-refractivity contribution in [3.05, 3.63) is 47.4 Å². The molecule has 3 aromatic rings. The van der Waals surface area contributed by atoms with Gasteiger partial charge in [0.25, 0.3) is 0 Å². The number of aromatic nitrogens is 2. The summed E-state index contributed by atoms with van der Waals surface area (Å²) < 4.78 is 15.8. The summed E-state index contributed by atoms with van der Waals surface area (Å²) in [7, 11) is 0. The average Bonchev–Trinajstić information content (AvgIpc) is 3.05. The number of rotatable bonds is 5. The fourth-order valence-corrected chi connectivity index (χ4v) is 3.35. The van der Waals surface area contributed by atoms with Crippen LogP contribution < -0.4 is 5.32 Å². The van der Waals surface area contributed by atoms with E-state index in [9.17, 15) is 9.18 Å². The third-order valence-electron chi connectivity index (χ3n) is 3.49. The number of carbonyl (C=O) groups is 1. The molecule has 0 saturated carbocycles. The van der Waals surface area contributed by atoms with Gasteiger partial charge in [-0.1, -0.05) is 12.1 Å². The summed E-state index contributed by atoms with van der Waals surface area (Å²) in [5, 5.41) is 4.88. The highest BCUT2D eigenvalue weighted by Gasteiger charge is 2.13. The Morgan fingerprint density at radius 1 is 1.39 bits per heavy atom. The largest absolute Gasteiger partial charge is 0.354 e. The van der Waals surface area contributed by atoms with Crippen molar-refractivity contribution in [2.45, 2.75) is 32.7 Å². The Morgan fingerprint density at radius 2 is 2.17 bits per heavy atom. The number of amides is 1. The molecule has 0 saturated heterocycles. The first-order valence-corrected chi connectivity index (χ1v) is 8.42. The van der Waals surface area contributed by atoms with Crippen LogP contribution >= 0.6 is 11.3 Å². The lowest BCUT2D eigenvalue weighted by atomic mass is 10.1. The van der Waals surface area contributed by atoms with Crippen molar-refractivity contribution in [1.82, 2.24) is 14.7 Å². The number of thiazole rings is 1. The van der Waals surface area contributed by atoms with Crippen molar-refractivity contribution in [2.75, 3.05) is 0 Å². The van der Waals surface area contributed by atoms with Gasteiger partial charge in [-0.25, -0.2) is 9.37 Å². The maximum Gasteiger partial charge on any atom is 0.220 e. The van der Waals surface area contributed by atoms with Gasteiger partial charge >= 0.3 is 0 Å². The van der Waals surface area contributed by atoms with Crippen LogP contribution in [0.5, 0.6) is 0 Å². The minimum absolute atomic E-state index is 0.0359. The summed E-state index contributed by atoms with van der Waals surface area (Å²) in [6, 6.07) is 6.75. The van der Waals surface area contributed by atoms with E-state index in [1.807, 2.05) is 29.8 Å². The first-order valence-electron chi connectivity index (χ1n) is 7.54. The Labute approximate surface area is 138 Å². The van der Waals surface area contributed by atoms with Crippen molar-refractivity contribution in [2.24, 2.45) is 0 Å². The minimum atomic E-state index is -0.281. The Kier molecular flexibility index (Phi) is 4.43. The zero-order chi connectivity index (χ0) is 16.4. The van der Waals surface area contributed by atoms with Gasteiger partial charge in [-0.3, -0.25) is 9.20 Å². The minimum Gasteiger partial charge on any atom is -0.354 e. The van der Waals surface area contributed by atoms with Crippen molar-refractivity contribution in [3.8, 4) is 11.3 Å². The summed E-state index contributed by atoms with van der Waals surface area (Å²) in [4.78, 5) is 17.1. The highest BCUT2D eigenvalue weighted by Crippen LogP contribution is 2.26. The molecular formula is C17H18FN3OS. The summed E-state index contributed by atoms with van der Waals surface area (Å²) in [5.74, 6) is -0.245. The van der Waals surface area contributed by atoms with Gasteiger partial charge in [0.05, 0.1) is 5.69 Å². The van der Waals surface area contributed by atoms with Gasteiger partial charge < -0.3 is 5.32 Å². The van der Waals surface area contributed by atoms with E-state index in [0.29, 0.717) is 24.1 Å². The molecule has 0 aliphatic rings. The van der Waals surface area contributed by atoms with Crippen LogP contribution in [0.25, 0.3) is 16.2 Å². The number of imidazole rings is 1. The lowest BCUT2D eigenvalue weighted by molar-refractivity contribution is -0.121. The summed E-state index contributed by atoms with van der Waals surface area (Å²) in [5.41, 5.74) is 2.12. The number of fused-ring (bicyclic) bond motifs is 1. The number of carbonyl (C=O) groups excluding carboxylic acids is 1. The third-order valence-corrected chi connectivity index (χ3v) is 4.38. The number of aryl methyl sites for hydroxylation is 1. The number of hydrogen-bond donors (Lipinski definition) is 1. The molecule has 120 valence electrons. The lowest BCUT2D eigenvalue weighted by Crippen LogP contribution is -2.30. The van der Waals surface area contributed by atoms with Gasteiger partial charge in [0.1, 0.15) is 5.82 Å². The van der Waals surface area contributed by atoms with Crippen molar-refractivity contribution < 1.29 is 9.18 Å². The van der Waals surface area contributed by atoms with E-state index >= 15 is 0 Å². The van der Waals surface area contributed by atoms with Crippen molar-refractivity contribution in [3.63, 3.8) is 0 Å². The summed E-state index contributed by atoms with van der Waals surface area (Å²) in [6.45, 7) is 3.88. The molecule has 0 bridgehead atoms. The van der Waals surface area contributed by atoms with Crippen LogP contribution in [0.4, 0.5) is 4.39 Å². The monoisotopic (exact) mass is 331 g/mol. The van der Waals surface area contributed by atoms with Gasteiger partial charge in [-0.2, -0.15) is 0 Å². The normalized spacial score (nSPS) is 11.3. The number of nitrogens with zero attached hydrogens (tertiary/aromatic N) is 2. The van der Waals surface area contributed by atoms with Crippen LogP contribution in [0, 0.1) is 5.82 Å². The molecule has 4 nitrogen and oxygen atoms in total. The van der Waals surface area contributed by atoms with E-state index in [4.69, 9.17) is 0 Å². The van der Waals surface area contributed by atoms with Crippen molar-refractivity contribution in [1.29, 1.82) is 0 Å². The molecule has 1 aromatic carbocycles. The molecule has 23 heavy (non-hydrogen) atoms. The number of halogens is 1. The second-order valence-corrected chi connectivity index (χ2v) is 6.54. The van der Waals surface area contributed by atoms with Gasteiger partial charge in [-0.15, -0.1) is 11.3 Å². The smallest absolute Gasteiger partial charge is 0.220 e. The topological polar surface area (TPSA) is 46.4 Å². The van der Waals surface area contributed by atoms with Gasteiger partial charge in [0.15, 0.2) is 4.96 Å². The lowest BCUT2D eigenvalue weighted by Gasteiger charge is -2.07. The van der Waals surface area contributed by atoms with E-state index in [0.717, 1.165) is 10.7 Å². The van der Waals surface area contributed by atoms with E-state index in [1.165, 1.54) is 17.4 Å². The number of hydrogen-bond acceptors (Lipinski definition) is 3. The van der Waals surface area contributed by atoms with Crippen LogP contribution in [0.2, 0.25) is 0 Å². The molecule has 0 fully saturated rings. The van der Waals surface area contributed by atoms with Crippen LogP contribution in [0.15, 0.2) is 35.8 Å². The van der Waals surface area contributed by atoms with Crippen LogP contribution in [0.3, 0.4) is 0 Å². The zero-order valence-electron chi connectivity index (χ0n) is 13.0. The standard InChI is InChI=1S/C17H18FN3OS/c1-11(2)19-16(22)8-7-12-10-23-17-20-15(9-21(12)17)13-5-3-4-6-14(13)18/h3-6,9-11H,7-8H2,1-2H3,(H,19,22). The maximum atomic E-state index is 13.9. The predicted molar refractivity (Wildman–Crippen MR) is 90.1 cm³/mol. The van der Waals surface area contributed by atoms with Gasteiger partial charge in [0, 0.05) is 35.3 Å². The highest BCUT2D eigenvalue weighted by molar-refractivity contribution is 7.15.